The molecule has 3 nitrogen and oxygen atoms in total. The first-order valence-electron chi connectivity index (χ1n) is 3.96. The maximum Gasteiger partial charge on any atom is 0.231 e. The van der Waals surface area contributed by atoms with Crippen molar-refractivity contribution in [1.82, 2.24) is 0 Å². The van der Waals surface area contributed by atoms with Crippen LogP contribution in [0.3, 0.4) is 0 Å². The Balaban J connectivity index is 2.56. The molecule has 1 aromatic rings. The molecule has 13 heavy (non-hydrogen) atoms. The number of aliphatic hydroxyl groups is 1. The summed E-state index contributed by atoms with van der Waals surface area (Å²) in [6.07, 6.45) is -0.684. The number of hydrogen-bond donors (Lipinski definition) is 1. The quantitative estimate of drug-likeness (QED) is 0.720. The lowest BCUT2D eigenvalue weighted by atomic mass is 10.1. The number of ether oxygens (including phenoxy) is 2. The summed E-state index contributed by atoms with van der Waals surface area (Å²) in [4.78, 5) is 0. The maximum absolute atomic E-state index is 13.0. The third-order valence-electron chi connectivity index (χ3n) is 1.95. The molecule has 0 amide bonds. The molecule has 1 N–H and O–H groups in total. The predicted octanol–water partition coefficient (Wildman–Crippen LogP) is 1.61. The largest absolute Gasteiger partial charge is 0.453 e. The van der Waals surface area contributed by atoms with Crippen molar-refractivity contribution >= 4 is 0 Å². The average molecular weight is 184 g/mol. The molecule has 1 aliphatic rings. The van der Waals surface area contributed by atoms with E-state index in [0.717, 1.165) is 0 Å². The lowest BCUT2D eigenvalue weighted by Crippen LogP contribution is -1.96. The van der Waals surface area contributed by atoms with Gasteiger partial charge in [0.15, 0.2) is 11.6 Å². The summed E-state index contributed by atoms with van der Waals surface area (Å²) in [5.74, 6) is -0.0506. The van der Waals surface area contributed by atoms with Crippen LogP contribution in [0.5, 0.6) is 11.5 Å². The first-order chi connectivity index (χ1) is 6.20. The fourth-order valence-corrected chi connectivity index (χ4v) is 1.31. The van der Waals surface area contributed by atoms with E-state index in [1.165, 1.54) is 12.1 Å². The van der Waals surface area contributed by atoms with Crippen LogP contribution in [0.2, 0.25) is 0 Å². The van der Waals surface area contributed by atoms with E-state index in [1.807, 2.05) is 0 Å². The van der Waals surface area contributed by atoms with E-state index in [9.17, 15) is 9.50 Å². The molecule has 0 aromatic heterocycles. The average Bonchev–Trinajstić information content (AvgIpc) is 2.53. The van der Waals surface area contributed by atoms with Crippen molar-refractivity contribution < 1.29 is 19.0 Å². The Bertz CT molecular complexity index is 336. The lowest BCUT2D eigenvalue weighted by Gasteiger charge is -2.07. The van der Waals surface area contributed by atoms with Crippen molar-refractivity contribution in [3.63, 3.8) is 0 Å². The molecule has 0 spiro atoms. The zero-order valence-electron chi connectivity index (χ0n) is 7.08. The molecule has 0 radical (unpaired) electrons. The van der Waals surface area contributed by atoms with E-state index in [4.69, 9.17) is 9.47 Å². The molecule has 0 saturated carbocycles. The minimum Gasteiger partial charge on any atom is -0.453 e. The lowest BCUT2D eigenvalue weighted by molar-refractivity contribution is 0.162. The molecular formula is C9H9FO3. The van der Waals surface area contributed by atoms with Crippen LogP contribution in [-0.2, 0) is 0 Å². The van der Waals surface area contributed by atoms with Gasteiger partial charge in [-0.15, -0.1) is 0 Å². The van der Waals surface area contributed by atoms with E-state index in [1.54, 1.807) is 6.92 Å². The summed E-state index contributed by atoms with van der Waals surface area (Å²) < 4.78 is 23.0. The van der Waals surface area contributed by atoms with Gasteiger partial charge < -0.3 is 14.6 Å². The summed E-state index contributed by atoms with van der Waals surface area (Å²) in [5, 5.41) is 9.32. The van der Waals surface area contributed by atoms with Gasteiger partial charge in [0, 0.05) is 5.56 Å². The van der Waals surface area contributed by atoms with Crippen molar-refractivity contribution in [2.45, 2.75) is 13.0 Å². The molecule has 1 unspecified atom stereocenters. The maximum atomic E-state index is 13.0. The molecule has 0 saturated heterocycles. The van der Waals surface area contributed by atoms with Gasteiger partial charge in [0.25, 0.3) is 0 Å². The second-order valence-electron chi connectivity index (χ2n) is 2.88. The van der Waals surface area contributed by atoms with Crippen LogP contribution in [-0.4, -0.2) is 11.9 Å². The normalized spacial score (nSPS) is 15.9. The van der Waals surface area contributed by atoms with Gasteiger partial charge in [0.1, 0.15) is 0 Å². The molecule has 1 heterocycles. The Morgan fingerprint density at radius 3 is 2.77 bits per heavy atom. The molecule has 70 valence electrons. The fourth-order valence-electron chi connectivity index (χ4n) is 1.31. The second kappa shape index (κ2) is 2.88. The van der Waals surface area contributed by atoms with Crippen LogP contribution in [0.1, 0.15) is 18.6 Å². The third-order valence-corrected chi connectivity index (χ3v) is 1.95. The van der Waals surface area contributed by atoms with Gasteiger partial charge in [-0.3, -0.25) is 0 Å². The fraction of sp³-hybridized carbons (Fsp3) is 0.333. The molecule has 1 aromatic carbocycles. The number of fused-ring (bicyclic) bond motifs is 1. The van der Waals surface area contributed by atoms with Gasteiger partial charge in [-0.05, 0) is 19.1 Å². The Morgan fingerprint density at radius 2 is 2.08 bits per heavy atom. The first-order valence-corrected chi connectivity index (χ1v) is 3.96. The summed E-state index contributed by atoms with van der Waals surface area (Å²) in [5.41, 5.74) is 0.550. The Hall–Kier alpha value is -1.29. The highest BCUT2D eigenvalue weighted by Gasteiger charge is 2.23. The zero-order valence-corrected chi connectivity index (χ0v) is 7.08. The Kier molecular flexibility index (Phi) is 1.84. The SMILES string of the molecule is CC(O)c1ccc(F)c2c1OCO2. The zero-order chi connectivity index (χ0) is 9.42. The van der Waals surface area contributed by atoms with E-state index in [0.29, 0.717) is 11.3 Å². The number of aliphatic hydroxyl groups excluding tert-OH is 1. The van der Waals surface area contributed by atoms with E-state index in [2.05, 4.69) is 0 Å². The summed E-state index contributed by atoms with van der Waals surface area (Å²) >= 11 is 0. The number of hydrogen-bond acceptors (Lipinski definition) is 3. The molecule has 0 fully saturated rings. The van der Waals surface area contributed by atoms with E-state index in [-0.39, 0.29) is 12.5 Å². The van der Waals surface area contributed by atoms with Crippen molar-refractivity contribution in [1.29, 1.82) is 0 Å². The van der Waals surface area contributed by atoms with Crippen LogP contribution in [0.15, 0.2) is 12.1 Å². The topological polar surface area (TPSA) is 38.7 Å². The van der Waals surface area contributed by atoms with Gasteiger partial charge in [0.2, 0.25) is 12.5 Å². The smallest absolute Gasteiger partial charge is 0.231 e. The van der Waals surface area contributed by atoms with E-state index < -0.39 is 11.9 Å². The number of benzene rings is 1. The predicted molar refractivity (Wildman–Crippen MR) is 43.2 cm³/mol. The van der Waals surface area contributed by atoms with Gasteiger partial charge >= 0.3 is 0 Å². The molecule has 0 bridgehead atoms. The molecule has 1 atom stereocenters. The van der Waals surface area contributed by atoms with Gasteiger partial charge in [-0.1, -0.05) is 0 Å². The minimum atomic E-state index is -0.684. The van der Waals surface area contributed by atoms with Crippen molar-refractivity contribution in [3.8, 4) is 11.5 Å². The van der Waals surface area contributed by atoms with Crippen LogP contribution in [0.25, 0.3) is 0 Å². The highest BCUT2D eigenvalue weighted by Crippen LogP contribution is 2.40. The summed E-state index contributed by atoms with van der Waals surface area (Å²) in [6, 6.07) is 2.75. The summed E-state index contributed by atoms with van der Waals surface area (Å²) in [7, 11) is 0. The Morgan fingerprint density at radius 1 is 1.38 bits per heavy atom. The van der Waals surface area contributed by atoms with Gasteiger partial charge in [-0.2, -0.15) is 0 Å². The second-order valence-corrected chi connectivity index (χ2v) is 2.88. The van der Waals surface area contributed by atoms with Crippen molar-refractivity contribution in [2.75, 3.05) is 6.79 Å². The first kappa shape index (κ1) is 8.31. The van der Waals surface area contributed by atoms with Crippen LogP contribution in [0, 0.1) is 5.82 Å². The van der Waals surface area contributed by atoms with Crippen LogP contribution in [0.4, 0.5) is 4.39 Å². The van der Waals surface area contributed by atoms with Crippen LogP contribution < -0.4 is 9.47 Å². The summed E-state index contributed by atoms with van der Waals surface area (Å²) in [6.45, 7) is 1.60. The molecular weight excluding hydrogens is 175 g/mol. The van der Waals surface area contributed by atoms with Crippen molar-refractivity contribution in [3.05, 3.63) is 23.5 Å². The van der Waals surface area contributed by atoms with Gasteiger partial charge in [-0.25, -0.2) is 4.39 Å². The molecule has 4 heteroatoms. The monoisotopic (exact) mass is 184 g/mol. The molecule has 2 rings (SSSR count). The highest BCUT2D eigenvalue weighted by atomic mass is 19.1. The van der Waals surface area contributed by atoms with Gasteiger partial charge in [0.05, 0.1) is 6.10 Å². The van der Waals surface area contributed by atoms with Crippen molar-refractivity contribution in [2.24, 2.45) is 0 Å². The van der Waals surface area contributed by atoms with Crippen LogP contribution >= 0.6 is 0 Å². The standard InChI is InChI=1S/C9H9FO3/c1-5(11)6-2-3-7(10)9-8(6)12-4-13-9/h2-3,5,11H,4H2,1H3. The minimum absolute atomic E-state index is 0.00991. The Labute approximate surface area is 74.7 Å². The van der Waals surface area contributed by atoms with E-state index >= 15 is 0 Å². The third kappa shape index (κ3) is 1.23. The molecule has 0 aliphatic carbocycles. The highest BCUT2D eigenvalue weighted by molar-refractivity contribution is 5.49. The molecule has 1 aliphatic heterocycles. The number of halogens is 1. The number of rotatable bonds is 1.